The van der Waals surface area contributed by atoms with Gasteiger partial charge in [0, 0.05) is 0 Å². The van der Waals surface area contributed by atoms with Gasteiger partial charge in [0.2, 0.25) is 20.0 Å². The minimum atomic E-state index is -4.13. The fourth-order valence-electron chi connectivity index (χ4n) is 1.41. The van der Waals surface area contributed by atoms with Gasteiger partial charge >= 0.3 is 0 Å². The van der Waals surface area contributed by atoms with Gasteiger partial charge in [-0.3, -0.25) is 4.72 Å². The zero-order valence-electron chi connectivity index (χ0n) is 11.5. The van der Waals surface area contributed by atoms with Crippen LogP contribution in [0.15, 0.2) is 23.1 Å². The summed E-state index contributed by atoms with van der Waals surface area (Å²) >= 11 is 0. The number of nitrogens with one attached hydrogen (secondary N) is 1. The lowest BCUT2D eigenvalue weighted by Gasteiger charge is -2.11. The second-order valence-electron chi connectivity index (χ2n) is 4.56. The first-order valence-electron chi connectivity index (χ1n) is 5.95. The maximum atomic E-state index is 13.3. The van der Waals surface area contributed by atoms with Crippen molar-refractivity contribution in [3.8, 4) is 0 Å². The molecule has 0 fully saturated rings. The van der Waals surface area contributed by atoms with E-state index < -0.39 is 30.8 Å². The van der Waals surface area contributed by atoms with Crippen molar-refractivity contribution < 1.29 is 26.0 Å². The van der Waals surface area contributed by atoms with E-state index in [9.17, 15) is 21.2 Å². The van der Waals surface area contributed by atoms with E-state index in [1.807, 2.05) is 0 Å². The molecule has 7 nitrogen and oxygen atoms in total. The lowest BCUT2D eigenvalue weighted by molar-refractivity contribution is 0.0913. The molecule has 0 spiro atoms. The molecule has 0 bridgehead atoms. The van der Waals surface area contributed by atoms with Crippen LogP contribution in [-0.2, 0) is 24.8 Å². The molecule has 0 aromatic heterocycles. The highest BCUT2D eigenvalue weighted by molar-refractivity contribution is 7.92. The highest BCUT2D eigenvalue weighted by Crippen LogP contribution is 2.18. The van der Waals surface area contributed by atoms with Crippen molar-refractivity contribution in [2.75, 3.05) is 17.1 Å². The van der Waals surface area contributed by atoms with Crippen molar-refractivity contribution in [2.45, 2.75) is 24.8 Å². The maximum absolute atomic E-state index is 13.3. The van der Waals surface area contributed by atoms with Gasteiger partial charge < -0.3 is 4.74 Å². The standard InChI is InChI=1S/C11H17FN2O5S2/c1-8(2)19-3-4-20(15,16)14-10-5-9(12)6-11(7-10)21(13,17)18/h5-8,14H,3-4H2,1-2H3,(H2,13,17,18). The second-order valence-corrected chi connectivity index (χ2v) is 7.96. The molecule has 0 aliphatic carbocycles. The van der Waals surface area contributed by atoms with Gasteiger partial charge in [-0.1, -0.05) is 0 Å². The molecular weight excluding hydrogens is 323 g/mol. The first kappa shape index (κ1) is 17.8. The number of hydrogen-bond donors (Lipinski definition) is 2. The Kier molecular flexibility index (Phi) is 5.68. The van der Waals surface area contributed by atoms with Gasteiger partial charge in [0.15, 0.2) is 0 Å². The van der Waals surface area contributed by atoms with Gasteiger partial charge in [0.25, 0.3) is 0 Å². The molecule has 0 atom stereocenters. The van der Waals surface area contributed by atoms with Crippen LogP contribution in [0.1, 0.15) is 13.8 Å². The minimum absolute atomic E-state index is 0.0373. The predicted octanol–water partition coefficient (Wildman–Crippen LogP) is 0.640. The van der Waals surface area contributed by atoms with Crippen LogP contribution in [0.3, 0.4) is 0 Å². The Morgan fingerprint density at radius 1 is 1.24 bits per heavy atom. The summed E-state index contributed by atoms with van der Waals surface area (Å²) in [7, 11) is -7.92. The van der Waals surface area contributed by atoms with Gasteiger partial charge in [-0.15, -0.1) is 0 Å². The molecule has 0 radical (unpaired) electrons. The summed E-state index contributed by atoms with van der Waals surface area (Å²) in [5.41, 5.74) is -0.219. The average Bonchev–Trinajstić information content (AvgIpc) is 2.24. The SMILES string of the molecule is CC(C)OCCS(=O)(=O)Nc1cc(F)cc(S(N)(=O)=O)c1. The Morgan fingerprint density at radius 3 is 2.38 bits per heavy atom. The molecule has 0 heterocycles. The highest BCUT2D eigenvalue weighted by Gasteiger charge is 2.15. The van der Waals surface area contributed by atoms with Crippen LogP contribution in [0.2, 0.25) is 0 Å². The summed E-state index contributed by atoms with van der Waals surface area (Å²) in [6.45, 7) is 3.47. The number of halogens is 1. The number of primary sulfonamides is 1. The molecule has 0 unspecified atom stereocenters. The molecule has 0 aliphatic rings. The smallest absolute Gasteiger partial charge is 0.238 e. The molecule has 3 N–H and O–H groups in total. The van der Waals surface area contributed by atoms with Crippen molar-refractivity contribution >= 4 is 25.7 Å². The fraction of sp³-hybridized carbons (Fsp3) is 0.455. The molecule has 1 rings (SSSR count). The monoisotopic (exact) mass is 340 g/mol. The molecule has 1 aromatic carbocycles. The summed E-state index contributed by atoms with van der Waals surface area (Å²) in [4.78, 5) is -0.515. The van der Waals surface area contributed by atoms with Crippen molar-refractivity contribution in [3.63, 3.8) is 0 Å². The molecule has 0 saturated carbocycles. The topological polar surface area (TPSA) is 116 Å². The fourth-order valence-corrected chi connectivity index (χ4v) is 2.87. The van der Waals surface area contributed by atoms with Crippen LogP contribution in [0.4, 0.5) is 10.1 Å². The zero-order chi connectivity index (χ0) is 16.3. The van der Waals surface area contributed by atoms with Gasteiger partial charge in [0.1, 0.15) is 5.82 Å². The Labute approximate surface area is 123 Å². The number of rotatable bonds is 7. The molecule has 0 aliphatic heterocycles. The van der Waals surface area contributed by atoms with E-state index in [0.29, 0.717) is 6.07 Å². The van der Waals surface area contributed by atoms with Gasteiger partial charge in [-0.25, -0.2) is 26.4 Å². The Balaban J connectivity index is 2.90. The van der Waals surface area contributed by atoms with Crippen LogP contribution in [0.5, 0.6) is 0 Å². The van der Waals surface area contributed by atoms with Crippen LogP contribution in [0, 0.1) is 5.82 Å². The first-order valence-corrected chi connectivity index (χ1v) is 9.15. The van der Waals surface area contributed by atoms with Crippen molar-refractivity contribution in [1.82, 2.24) is 0 Å². The van der Waals surface area contributed by atoms with Crippen LogP contribution < -0.4 is 9.86 Å². The van der Waals surface area contributed by atoms with Crippen LogP contribution >= 0.6 is 0 Å². The lowest BCUT2D eigenvalue weighted by Crippen LogP contribution is -2.22. The minimum Gasteiger partial charge on any atom is -0.378 e. The summed E-state index contributed by atoms with van der Waals surface area (Å²) in [5.74, 6) is -1.26. The third-order valence-corrected chi connectivity index (χ3v) is 4.42. The average molecular weight is 340 g/mol. The maximum Gasteiger partial charge on any atom is 0.238 e. The van der Waals surface area contributed by atoms with E-state index in [1.165, 1.54) is 0 Å². The first-order chi connectivity index (χ1) is 9.49. The molecule has 0 amide bonds. The van der Waals surface area contributed by atoms with Crippen molar-refractivity contribution in [2.24, 2.45) is 5.14 Å². The largest absolute Gasteiger partial charge is 0.378 e. The molecule has 0 saturated heterocycles. The quantitative estimate of drug-likeness (QED) is 0.756. The molecule has 10 heteroatoms. The Bertz CT molecular complexity index is 701. The highest BCUT2D eigenvalue weighted by atomic mass is 32.2. The van der Waals surface area contributed by atoms with Gasteiger partial charge in [-0.2, -0.15) is 0 Å². The van der Waals surface area contributed by atoms with E-state index in [1.54, 1.807) is 13.8 Å². The third kappa shape index (κ3) is 6.38. The Morgan fingerprint density at radius 2 is 1.86 bits per heavy atom. The van der Waals surface area contributed by atoms with E-state index in [4.69, 9.17) is 9.88 Å². The Hall–Kier alpha value is -1.23. The van der Waals surface area contributed by atoms with Crippen LogP contribution in [-0.4, -0.2) is 35.3 Å². The lowest BCUT2D eigenvalue weighted by atomic mass is 10.3. The molecule has 1 aromatic rings. The number of ether oxygens (including phenoxy) is 1. The third-order valence-electron chi connectivity index (χ3n) is 2.28. The molecule has 21 heavy (non-hydrogen) atoms. The van der Waals surface area contributed by atoms with E-state index in [-0.39, 0.29) is 24.2 Å². The zero-order valence-corrected chi connectivity index (χ0v) is 13.2. The van der Waals surface area contributed by atoms with Crippen molar-refractivity contribution in [3.05, 3.63) is 24.0 Å². The number of anilines is 1. The van der Waals surface area contributed by atoms with Gasteiger partial charge in [-0.05, 0) is 32.0 Å². The van der Waals surface area contributed by atoms with Crippen molar-refractivity contribution in [1.29, 1.82) is 0 Å². The number of sulfonamides is 2. The van der Waals surface area contributed by atoms with E-state index in [2.05, 4.69) is 4.72 Å². The normalized spacial score (nSPS) is 12.6. The number of hydrogen-bond acceptors (Lipinski definition) is 5. The van der Waals surface area contributed by atoms with E-state index >= 15 is 0 Å². The summed E-state index contributed by atoms with van der Waals surface area (Å²) in [5, 5.41) is 4.88. The number of benzene rings is 1. The molecular formula is C11H17FN2O5S2. The van der Waals surface area contributed by atoms with E-state index in [0.717, 1.165) is 12.1 Å². The summed E-state index contributed by atoms with van der Waals surface area (Å²) < 4.78 is 66.3. The predicted molar refractivity (Wildman–Crippen MR) is 76.3 cm³/mol. The second kappa shape index (κ2) is 6.69. The molecule has 120 valence electrons. The number of nitrogens with two attached hydrogens (primary N) is 1. The van der Waals surface area contributed by atoms with Gasteiger partial charge in [0.05, 0.1) is 29.0 Å². The summed E-state index contributed by atoms with van der Waals surface area (Å²) in [6, 6.07) is 2.50. The van der Waals surface area contributed by atoms with Crippen LogP contribution in [0.25, 0.3) is 0 Å². The summed E-state index contributed by atoms with van der Waals surface area (Å²) in [6.07, 6.45) is -0.122.